The SMILES string of the molecule is CC(C)(c1ccc(OCC(O)CN(CCO)CC(O)COc2ccc(C(C)(C)c3ccc(OCC4CO4)cc3)cc2)cc1)c1ccc(OCC2CO2)cc1. The fraction of sp³-hybridized carbons (Fsp3) is 0.455. The van der Waals surface area contributed by atoms with Gasteiger partial charge in [-0.1, -0.05) is 76.2 Å². The highest BCUT2D eigenvalue weighted by molar-refractivity contribution is 5.43. The minimum atomic E-state index is -0.829. The van der Waals surface area contributed by atoms with Gasteiger partial charge >= 0.3 is 0 Å². The summed E-state index contributed by atoms with van der Waals surface area (Å²) in [4.78, 5) is 1.81. The molecule has 0 amide bonds. The molecule has 0 aromatic heterocycles. The van der Waals surface area contributed by atoms with Gasteiger partial charge in [0.1, 0.15) is 73.8 Å². The molecule has 54 heavy (non-hydrogen) atoms. The Kier molecular flexibility index (Phi) is 13.2. The van der Waals surface area contributed by atoms with Crippen molar-refractivity contribution in [3.63, 3.8) is 0 Å². The normalized spacial score (nSPS) is 17.9. The van der Waals surface area contributed by atoms with Crippen LogP contribution in [0.25, 0.3) is 0 Å². The zero-order valence-corrected chi connectivity index (χ0v) is 31.9. The number of nitrogens with zero attached hydrogens (tertiary/aromatic N) is 1. The third-order valence-electron chi connectivity index (χ3n) is 10.2. The first-order valence-corrected chi connectivity index (χ1v) is 18.9. The fourth-order valence-corrected chi connectivity index (χ4v) is 6.40. The van der Waals surface area contributed by atoms with Crippen LogP contribution < -0.4 is 18.9 Å². The van der Waals surface area contributed by atoms with Crippen LogP contribution in [-0.2, 0) is 20.3 Å². The molecule has 2 saturated heterocycles. The van der Waals surface area contributed by atoms with Crippen LogP contribution in [0, 0.1) is 0 Å². The quantitative estimate of drug-likeness (QED) is 0.0907. The third kappa shape index (κ3) is 11.2. The van der Waals surface area contributed by atoms with Crippen molar-refractivity contribution in [2.24, 2.45) is 0 Å². The molecule has 0 radical (unpaired) electrons. The molecule has 0 bridgehead atoms. The standard InChI is InChI=1S/C44H55NO9/c1-43(2,33-9-17-39(18-10-33)51-27-41-29-53-41)31-5-13-37(14-6-31)49-25-35(47)23-45(21-22-46)24-36(48)26-50-38-15-7-32(8-16-38)44(3,4)34-11-19-40(20-12-34)52-28-42-30-54-42/h5-20,35-36,41-42,46-48H,21-30H2,1-4H3. The van der Waals surface area contributed by atoms with Crippen LogP contribution >= 0.6 is 0 Å². The second-order valence-corrected chi connectivity index (χ2v) is 15.3. The molecular weight excluding hydrogens is 686 g/mol. The molecule has 4 atom stereocenters. The Hall–Kier alpha value is -4.16. The van der Waals surface area contributed by atoms with Gasteiger partial charge in [0.25, 0.3) is 0 Å². The molecule has 2 aliphatic heterocycles. The van der Waals surface area contributed by atoms with E-state index in [0.717, 1.165) is 35.8 Å². The minimum absolute atomic E-state index is 0.0705. The van der Waals surface area contributed by atoms with Crippen molar-refractivity contribution in [2.75, 3.05) is 65.9 Å². The summed E-state index contributed by atoms with van der Waals surface area (Å²) in [6.45, 7) is 12.2. The summed E-state index contributed by atoms with van der Waals surface area (Å²) in [5.41, 5.74) is 4.13. The lowest BCUT2D eigenvalue weighted by atomic mass is 9.78. The first-order valence-electron chi connectivity index (χ1n) is 18.9. The van der Waals surface area contributed by atoms with Crippen molar-refractivity contribution in [2.45, 2.75) is 62.9 Å². The van der Waals surface area contributed by atoms with Crippen LogP contribution in [0.3, 0.4) is 0 Å². The zero-order chi connectivity index (χ0) is 38.1. The molecule has 2 aliphatic rings. The molecule has 10 heteroatoms. The summed E-state index contributed by atoms with van der Waals surface area (Å²) in [5, 5.41) is 31.3. The Bertz CT molecular complexity index is 1590. The van der Waals surface area contributed by atoms with Gasteiger partial charge in [0, 0.05) is 30.5 Å². The molecule has 0 aliphatic carbocycles. The van der Waals surface area contributed by atoms with Gasteiger partial charge in [0.15, 0.2) is 0 Å². The van der Waals surface area contributed by atoms with Crippen molar-refractivity contribution in [3.05, 3.63) is 119 Å². The fourth-order valence-electron chi connectivity index (χ4n) is 6.40. The third-order valence-corrected chi connectivity index (χ3v) is 10.2. The molecule has 0 spiro atoms. The van der Waals surface area contributed by atoms with Crippen LogP contribution in [0.1, 0.15) is 49.9 Å². The van der Waals surface area contributed by atoms with Gasteiger partial charge in [-0.3, -0.25) is 4.90 Å². The van der Waals surface area contributed by atoms with E-state index in [2.05, 4.69) is 52.0 Å². The van der Waals surface area contributed by atoms with E-state index in [1.54, 1.807) is 0 Å². The highest BCUT2D eigenvalue weighted by atomic mass is 16.6. The monoisotopic (exact) mass is 741 g/mol. The maximum absolute atomic E-state index is 10.8. The summed E-state index contributed by atoms with van der Waals surface area (Å²) in [7, 11) is 0. The number of hydrogen-bond donors (Lipinski definition) is 3. The topological polar surface area (TPSA) is 126 Å². The summed E-state index contributed by atoms with van der Waals surface area (Å²) in [6, 6.07) is 32.2. The van der Waals surface area contributed by atoms with E-state index in [9.17, 15) is 15.3 Å². The van der Waals surface area contributed by atoms with E-state index in [0.29, 0.717) is 31.3 Å². The lowest BCUT2D eigenvalue weighted by molar-refractivity contribution is 0.0255. The maximum Gasteiger partial charge on any atom is 0.119 e. The number of epoxide rings is 2. The van der Waals surface area contributed by atoms with Crippen molar-refractivity contribution in [3.8, 4) is 23.0 Å². The van der Waals surface area contributed by atoms with Crippen LogP contribution in [-0.4, -0.2) is 111 Å². The molecule has 2 heterocycles. The largest absolute Gasteiger partial charge is 0.491 e. The molecule has 0 saturated carbocycles. The van der Waals surface area contributed by atoms with Gasteiger partial charge in [-0.05, 0) is 70.8 Å². The van der Waals surface area contributed by atoms with Crippen molar-refractivity contribution in [1.29, 1.82) is 0 Å². The zero-order valence-electron chi connectivity index (χ0n) is 31.9. The van der Waals surface area contributed by atoms with Crippen LogP contribution in [0.4, 0.5) is 0 Å². The second-order valence-electron chi connectivity index (χ2n) is 15.3. The van der Waals surface area contributed by atoms with E-state index >= 15 is 0 Å². The van der Waals surface area contributed by atoms with Gasteiger partial charge in [-0.2, -0.15) is 0 Å². The predicted octanol–water partition coefficient (Wildman–Crippen LogP) is 5.37. The number of hydrogen-bond acceptors (Lipinski definition) is 10. The summed E-state index contributed by atoms with van der Waals surface area (Å²) < 4.78 is 33.8. The Balaban J connectivity index is 0.926. The van der Waals surface area contributed by atoms with E-state index in [1.807, 2.05) is 77.7 Å². The van der Waals surface area contributed by atoms with Gasteiger partial charge in [-0.15, -0.1) is 0 Å². The van der Waals surface area contributed by atoms with Gasteiger partial charge in [0.2, 0.25) is 0 Å². The minimum Gasteiger partial charge on any atom is -0.491 e. The molecule has 10 nitrogen and oxygen atoms in total. The smallest absolute Gasteiger partial charge is 0.119 e. The van der Waals surface area contributed by atoms with Crippen molar-refractivity contribution >= 4 is 0 Å². The Morgan fingerprint density at radius 1 is 0.556 bits per heavy atom. The van der Waals surface area contributed by atoms with Crippen molar-refractivity contribution in [1.82, 2.24) is 4.90 Å². The maximum atomic E-state index is 10.8. The first-order chi connectivity index (χ1) is 26.0. The number of rotatable bonds is 22. The molecule has 290 valence electrons. The number of benzene rings is 4. The molecular formula is C44H55NO9. The number of aliphatic hydroxyl groups is 3. The summed E-state index contributed by atoms with van der Waals surface area (Å²) in [5.74, 6) is 2.97. The van der Waals surface area contributed by atoms with E-state index < -0.39 is 12.2 Å². The van der Waals surface area contributed by atoms with E-state index in [1.165, 1.54) is 11.1 Å². The Labute approximate surface area is 319 Å². The predicted molar refractivity (Wildman–Crippen MR) is 207 cm³/mol. The summed E-state index contributed by atoms with van der Waals surface area (Å²) in [6.07, 6.45) is -1.21. The van der Waals surface area contributed by atoms with Crippen LogP contribution in [0.15, 0.2) is 97.1 Å². The molecule has 3 N–H and O–H groups in total. The average Bonchev–Trinajstić information content (AvgIpc) is 4.12. The summed E-state index contributed by atoms with van der Waals surface area (Å²) >= 11 is 0. The lowest BCUT2D eigenvalue weighted by Crippen LogP contribution is -2.42. The molecule has 4 aromatic rings. The second kappa shape index (κ2) is 18.0. The van der Waals surface area contributed by atoms with E-state index in [-0.39, 0.29) is 55.9 Å². The Morgan fingerprint density at radius 2 is 0.852 bits per heavy atom. The molecule has 4 aromatic carbocycles. The molecule has 4 unspecified atom stereocenters. The highest BCUT2D eigenvalue weighted by Gasteiger charge is 2.27. The highest BCUT2D eigenvalue weighted by Crippen LogP contribution is 2.35. The number of ether oxygens (including phenoxy) is 6. The number of aliphatic hydroxyl groups excluding tert-OH is 3. The lowest BCUT2D eigenvalue weighted by Gasteiger charge is -2.27. The van der Waals surface area contributed by atoms with Crippen LogP contribution in [0.5, 0.6) is 23.0 Å². The molecule has 6 rings (SSSR count). The Morgan fingerprint density at radius 3 is 1.13 bits per heavy atom. The van der Waals surface area contributed by atoms with Gasteiger partial charge < -0.3 is 43.7 Å². The van der Waals surface area contributed by atoms with Crippen LogP contribution in [0.2, 0.25) is 0 Å². The average molecular weight is 742 g/mol. The van der Waals surface area contributed by atoms with Crippen molar-refractivity contribution < 1.29 is 43.7 Å². The van der Waals surface area contributed by atoms with Gasteiger partial charge in [-0.25, -0.2) is 0 Å². The van der Waals surface area contributed by atoms with E-state index in [4.69, 9.17) is 28.4 Å². The van der Waals surface area contributed by atoms with Gasteiger partial charge in [0.05, 0.1) is 19.8 Å². The first kappa shape index (κ1) is 39.5. The molecule has 2 fully saturated rings.